The fourth-order valence-electron chi connectivity index (χ4n) is 3.99. The number of carbonyl (C=O) groups excluding carboxylic acids is 1. The van der Waals surface area contributed by atoms with E-state index in [0.717, 1.165) is 6.08 Å². The van der Waals surface area contributed by atoms with Gasteiger partial charge in [-0.25, -0.2) is 4.79 Å². The van der Waals surface area contributed by atoms with E-state index < -0.39 is 54.3 Å². The van der Waals surface area contributed by atoms with Crippen molar-refractivity contribution in [2.75, 3.05) is 6.61 Å². The Balaban J connectivity index is 2.52. The highest BCUT2D eigenvalue weighted by atomic mass is 16.7. The van der Waals surface area contributed by atoms with Gasteiger partial charge in [0.1, 0.15) is 30.0 Å². The standard InChI is InChI=1S/C21H30O9/c1-11(7-15(24)25)5-6-21(12(2)8-13(23)9-20(21,3)4)30-19-18(28)17(27)16(26)14(10-22)29-19/h5-8,14,16-19,22,26-28H,9-10H2,1-4H3,(H,24,25). The molecule has 1 aliphatic heterocycles. The Hall–Kier alpha value is -1.88. The van der Waals surface area contributed by atoms with Crippen LogP contribution in [0, 0.1) is 5.41 Å². The van der Waals surface area contributed by atoms with Crippen LogP contribution in [0.3, 0.4) is 0 Å². The highest BCUT2D eigenvalue weighted by molar-refractivity contribution is 5.93. The largest absolute Gasteiger partial charge is 0.478 e. The summed E-state index contributed by atoms with van der Waals surface area (Å²) in [5.74, 6) is -1.23. The van der Waals surface area contributed by atoms with Gasteiger partial charge in [0, 0.05) is 17.9 Å². The molecule has 6 unspecified atom stereocenters. The van der Waals surface area contributed by atoms with Crippen molar-refractivity contribution in [3.8, 4) is 0 Å². The number of hydrogen-bond donors (Lipinski definition) is 5. The van der Waals surface area contributed by atoms with Gasteiger partial charge in [-0.1, -0.05) is 19.9 Å². The molecular weight excluding hydrogens is 396 g/mol. The number of carboxylic acid groups (broad SMARTS) is 1. The summed E-state index contributed by atoms with van der Waals surface area (Å²) in [5.41, 5.74) is -1.22. The van der Waals surface area contributed by atoms with Gasteiger partial charge in [0.15, 0.2) is 12.1 Å². The number of carboxylic acids is 1. The van der Waals surface area contributed by atoms with Crippen molar-refractivity contribution in [1.29, 1.82) is 0 Å². The summed E-state index contributed by atoms with van der Waals surface area (Å²) < 4.78 is 11.7. The number of aliphatic carboxylic acids is 1. The first-order valence-corrected chi connectivity index (χ1v) is 9.65. The van der Waals surface area contributed by atoms with Crippen LogP contribution in [0.4, 0.5) is 0 Å². The maximum atomic E-state index is 12.2. The maximum Gasteiger partial charge on any atom is 0.328 e. The van der Waals surface area contributed by atoms with Crippen molar-refractivity contribution in [2.45, 2.75) is 70.4 Å². The lowest BCUT2D eigenvalue weighted by Crippen LogP contribution is -2.62. The van der Waals surface area contributed by atoms with Crippen molar-refractivity contribution >= 4 is 11.8 Å². The van der Waals surface area contributed by atoms with Crippen LogP contribution >= 0.6 is 0 Å². The third kappa shape index (κ3) is 4.72. The molecule has 2 aliphatic rings. The molecule has 1 aliphatic carbocycles. The lowest BCUT2D eigenvalue weighted by molar-refractivity contribution is -0.326. The molecule has 0 bridgehead atoms. The first-order valence-electron chi connectivity index (χ1n) is 9.65. The molecule has 1 saturated heterocycles. The van der Waals surface area contributed by atoms with Crippen LogP contribution in [0.2, 0.25) is 0 Å². The van der Waals surface area contributed by atoms with Crippen molar-refractivity contribution in [3.05, 3.63) is 35.5 Å². The Labute approximate surface area is 174 Å². The average molecular weight is 426 g/mol. The number of aliphatic hydroxyl groups is 4. The van der Waals surface area contributed by atoms with Crippen LogP contribution in [-0.4, -0.2) is 80.2 Å². The Morgan fingerprint density at radius 1 is 1.27 bits per heavy atom. The van der Waals surface area contributed by atoms with Crippen LogP contribution in [-0.2, 0) is 19.1 Å². The summed E-state index contributed by atoms with van der Waals surface area (Å²) in [4.78, 5) is 23.1. The molecule has 9 nitrogen and oxygen atoms in total. The Kier molecular flexibility index (Phi) is 7.39. The van der Waals surface area contributed by atoms with E-state index in [9.17, 15) is 30.0 Å². The molecule has 0 aromatic rings. The van der Waals surface area contributed by atoms with Crippen molar-refractivity contribution in [2.24, 2.45) is 5.41 Å². The Bertz CT molecular complexity index is 764. The van der Waals surface area contributed by atoms with Crippen LogP contribution in [0.1, 0.15) is 34.1 Å². The summed E-state index contributed by atoms with van der Waals surface area (Å²) in [6.45, 7) is 6.22. The van der Waals surface area contributed by atoms with Gasteiger partial charge in [0.2, 0.25) is 0 Å². The minimum atomic E-state index is -1.62. The van der Waals surface area contributed by atoms with E-state index in [0.29, 0.717) is 11.1 Å². The van der Waals surface area contributed by atoms with Crippen LogP contribution in [0.15, 0.2) is 35.5 Å². The second-order valence-corrected chi connectivity index (χ2v) is 8.47. The number of ketones is 1. The van der Waals surface area contributed by atoms with Crippen molar-refractivity contribution in [1.82, 2.24) is 0 Å². The van der Waals surface area contributed by atoms with E-state index in [1.54, 1.807) is 33.8 Å². The SMILES string of the molecule is CC(C=CC1(OC2OC(CO)C(O)C(O)C2O)C(C)=CC(=O)CC1(C)C)=CC(=O)O. The van der Waals surface area contributed by atoms with Gasteiger partial charge in [0.25, 0.3) is 0 Å². The fourth-order valence-corrected chi connectivity index (χ4v) is 3.99. The summed E-state index contributed by atoms with van der Waals surface area (Å²) in [6, 6.07) is 0. The number of ether oxygens (including phenoxy) is 2. The molecule has 0 radical (unpaired) electrons. The molecule has 0 spiro atoms. The van der Waals surface area contributed by atoms with Crippen LogP contribution in [0.5, 0.6) is 0 Å². The van der Waals surface area contributed by atoms with E-state index in [2.05, 4.69) is 0 Å². The van der Waals surface area contributed by atoms with Gasteiger partial charge in [-0.15, -0.1) is 0 Å². The van der Waals surface area contributed by atoms with Gasteiger partial charge >= 0.3 is 5.97 Å². The van der Waals surface area contributed by atoms with E-state index in [1.165, 1.54) is 12.2 Å². The molecule has 1 fully saturated rings. The van der Waals surface area contributed by atoms with Gasteiger partial charge in [-0.2, -0.15) is 0 Å². The van der Waals surface area contributed by atoms with E-state index in [4.69, 9.17) is 14.6 Å². The first-order chi connectivity index (χ1) is 13.8. The van der Waals surface area contributed by atoms with Gasteiger partial charge < -0.3 is 35.0 Å². The predicted octanol–water partition coefficient (Wildman–Crippen LogP) is 0.0741. The van der Waals surface area contributed by atoms with E-state index >= 15 is 0 Å². The Morgan fingerprint density at radius 2 is 1.90 bits per heavy atom. The third-order valence-electron chi connectivity index (χ3n) is 5.67. The summed E-state index contributed by atoms with van der Waals surface area (Å²) in [6.07, 6.45) is -1.69. The molecule has 1 heterocycles. The minimum absolute atomic E-state index is 0.105. The highest BCUT2D eigenvalue weighted by Gasteiger charge is 2.54. The molecule has 168 valence electrons. The number of aliphatic hydroxyl groups excluding tert-OH is 4. The zero-order valence-electron chi connectivity index (χ0n) is 17.5. The first kappa shape index (κ1) is 24.4. The third-order valence-corrected chi connectivity index (χ3v) is 5.67. The van der Waals surface area contributed by atoms with Crippen molar-refractivity contribution < 1.29 is 44.6 Å². The Morgan fingerprint density at radius 3 is 2.43 bits per heavy atom. The minimum Gasteiger partial charge on any atom is -0.478 e. The molecule has 0 aromatic carbocycles. The number of hydrogen-bond acceptors (Lipinski definition) is 8. The topological polar surface area (TPSA) is 154 Å². The average Bonchev–Trinajstić information content (AvgIpc) is 2.62. The van der Waals surface area contributed by atoms with Gasteiger partial charge in [0.05, 0.1) is 6.61 Å². The number of allylic oxidation sites excluding steroid dienone is 3. The lowest BCUT2D eigenvalue weighted by atomic mass is 9.64. The second kappa shape index (κ2) is 9.09. The number of rotatable bonds is 6. The second-order valence-electron chi connectivity index (χ2n) is 8.47. The molecule has 9 heteroatoms. The summed E-state index contributed by atoms with van der Waals surface area (Å²) in [5, 5.41) is 48.9. The molecule has 30 heavy (non-hydrogen) atoms. The monoisotopic (exact) mass is 426 g/mol. The molecule has 5 N–H and O–H groups in total. The molecule has 0 saturated carbocycles. The lowest BCUT2D eigenvalue weighted by Gasteiger charge is -2.51. The molecule has 0 amide bonds. The normalized spacial score (nSPS) is 37.3. The predicted molar refractivity (Wildman–Crippen MR) is 105 cm³/mol. The smallest absolute Gasteiger partial charge is 0.328 e. The van der Waals surface area contributed by atoms with Crippen molar-refractivity contribution in [3.63, 3.8) is 0 Å². The highest BCUT2D eigenvalue weighted by Crippen LogP contribution is 2.48. The number of carbonyl (C=O) groups is 2. The maximum absolute atomic E-state index is 12.2. The van der Waals surface area contributed by atoms with Gasteiger partial charge in [-0.3, -0.25) is 4.79 Å². The molecular formula is C21H30O9. The summed E-state index contributed by atoms with van der Waals surface area (Å²) in [7, 11) is 0. The zero-order valence-corrected chi connectivity index (χ0v) is 17.5. The fraction of sp³-hybridized carbons (Fsp3) is 0.619. The summed E-state index contributed by atoms with van der Waals surface area (Å²) >= 11 is 0. The van der Waals surface area contributed by atoms with E-state index in [-0.39, 0.29) is 12.2 Å². The van der Waals surface area contributed by atoms with E-state index in [1.807, 2.05) is 0 Å². The van der Waals surface area contributed by atoms with Crippen LogP contribution < -0.4 is 0 Å². The quantitative estimate of drug-likeness (QED) is 0.293. The van der Waals surface area contributed by atoms with Gasteiger partial charge in [-0.05, 0) is 37.1 Å². The molecule has 0 aromatic heterocycles. The molecule has 6 atom stereocenters. The van der Waals surface area contributed by atoms with Crippen LogP contribution in [0.25, 0.3) is 0 Å². The zero-order chi connectivity index (χ0) is 22.9. The molecule has 2 rings (SSSR count).